The van der Waals surface area contributed by atoms with Crippen LogP contribution in [0.15, 0.2) is 48.5 Å². The van der Waals surface area contributed by atoms with E-state index in [4.69, 9.17) is 9.47 Å². The molecule has 0 aliphatic heterocycles. The number of fused-ring (bicyclic) bond motifs is 1. The van der Waals surface area contributed by atoms with Gasteiger partial charge >= 0.3 is 0 Å². The monoisotopic (exact) mass is 438 g/mol. The Morgan fingerprint density at radius 3 is 2.71 bits per heavy atom. The van der Waals surface area contributed by atoms with Gasteiger partial charge in [0.25, 0.3) is 5.91 Å². The lowest BCUT2D eigenvalue weighted by atomic mass is 9.90. The highest BCUT2D eigenvalue weighted by molar-refractivity contribution is 7.19. The van der Waals surface area contributed by atoms with Gasteiger partial charge in [0.2, 0.25) is 0 Å². The minimum absolute atomic E-state index is 0.0196. The molecule has 1 aliphatic carbocycles. The van der Waals surface area contributed by atoms with Crippen molar-refractivity contribution in [1.82, 2.24) is 5.32 Å². The molecule has 1 heterocycles. The first-order valence-corrected chi connectivity index (χ1v) is 11.8. The first kappa shape index (κ1) is 21.7. The summed E-state index contributed by atoms with van der Waals surface area (Å²) in [6.07, 6.45) is 4.15. The summed E-state index contributed by atoms with van der Waals surface area (Å²) in [7, 11) is 1.63. The van der Waals surface area contributed by atoms with E-state index in [1.54, 1.807) is 18.4 Å². The lowest BCUT2D eigenvalue weighted by Crippen LogP contribution is -2.41. The molecule has 0 saturated heterocycles. The van der Waals surface area contributed by atoms with Crippen LogP contribution in [0.1, 0.15) is 47.8 Å². The molecule has 1 amide bonds. The Kier molecular flexibility index (Phi) is 7.10. The molecule has 1 aromatic heterocycles. The SMILES string of the molecule is CCOCc1cc2c(N[C@H]3CCC[C@@H](NC(=O)c4ccc(OC)cc4)C3)cccc2s1. The molecule has 164 valence electrons. The molecule has 6 heteroatoms. The first-order valence-electron chi connectivity index (χ1n) is 11.0. The molecule has 1 saturated carbocycles. The largest absolute Gasteiger partial charge is 0.497 e. The summed E-state index contributed by atoms with van der Waals surface area (Å²) in [6.45, 7) is 3.41. The molecule has 4 rings (SSSR count). The molecular weight excluding hydrogens is 408 g/mol. The van der Waals surface area contributed by atoms with Gasteiger partial charge in [0.15, 0.2) is 0 Å². The minimum atomic E-state index is -0.0196. The summed E-state index contributed by atoms with van der Waals surface area (Å²) in [4.78, 5) is 13.9. The maximum Gasteiger partial charge on any atom is 0.251 e. The van der Waals surface area contributed by atoms with Gasteiger partial charge in [-0.1, -0.05) is 6.07 Å². The lowest BCUT2D eigenvalue weighted by Gasteiger charge is -2.31. The topological polar surface area (TPSA) is 59.6 Å². The number of carbonyl (C=O) groups excluding carboxylic acids is 1. The summed E-state index contributed by atoms with van der Waals surface area (Å²) in [5.41, 5.74) is 1.84. The number of thiophene rings is 1. The van der Waals surface area contributed by atoms with Crippen molar-refractivity contribution in [3.05, 3.63) is 59.0 Å². The number of carbonyl (C=O) groups is 1. The van der Waals surface area contributed by atoms with Crippen LogP contribution in [-0.2, 0) is 11.3 Å². The van der Waals surface area contributed by atoms with Crippen molar-refractivity contribution in [3.63, 3.8) is 0 Å². The zero-order chi connectivity index (χ0) is 21.6. The minimum Gasteiger partial charge on any atom is -0.497 e. The number of rotatable bonds is 8. The highest BCUT2D eigenvalue weighted by Gasteiger charge is 2.24. The highest BCUT2D eigenvalue weighted by Crippen LogP contribution is 2.33. The number of ether oxygens (including phenoxy) is 2. The van der Waals surface area contributed by atoms with Crippen molar-refractivity contribution < 1.29 is 14.3 Å². The second kappa shape index (κ2) is 10.2. The molecule has 31 heavy (non-hydrogen) atoms. The van der Waals surface area contributed by atoms with Crippen molar-refractivity contribution >= 4 is 33.0 Å². The molecule has 5 nitrogen and oxygen atoms in total. The van der Waals surface area contributed by atoms with Crippen LogP contribution in [0.2, 0.25) is 0 Å². The number of benzene rings is 2. The predicted molar refractivity (Wildman–Crippen MR) is 127 cm³/mol. The Labute approximate surface area is 187 Å². The average Bonchev–Trinajstić information content (AvgIpc) is 3.22. The zero-order valence-electron chi connectivity index (χ0n) is 18.1. The van der Waals surface area contributed by atoms with Crippen molar-refractivity contribution in [2.45, 2.75) is 51.3 Å². The van der Waals surface area contributed by atoms with Crippen LogP contribution in [0, 0.1) is 0 Å². The Bertz CT molecular complexity index is 1020. The van der Waals surface area contributed by atoms with E-state index in [1.165, 1.54) is 20.7 Å². The molecule has 2 N–H and O–H groups in total. The number of hydrogen-bond donors (Lipinski definition) is 2. The second-order valence-electron chi connectivity index (χ2n) is 7.97. The molecule has 0 unspecified atom stereocenters. The standard InChI is InChI=1S/C25H30N2O3S/c1-3-30-16-21-15-22-23(8-5-9-24(22)31-21)26-18-6-4-7-19(14-18)27-25(28)17-10-12-20(29-2)13-11-17/h5,8-13,15,18-19,26H,3-4,6-7,14,16H2,1-2H3,(H,27,28)/t18-,19+/m0/s1. The fraction of sp³-hybridized carbons (Fsp3) is 0.400. The Balaban J connectivity index is 1.39. The second-order valence-corrected chi connectivity index (χ2v) is 9.14. The third-order valence-electron chi connectivity index (χ3n) is 5.78. The summed E-state index contributed by atoms with van der Waals surface area (Å²) in [6, 6.07) is 16.4. The molecule has 0 bridgehead atoms. The van der Waals surface area contributed by atoms with Crippen LogP contribution in [0.4, 0.5) is 5.69 Å². The van der Waals surface area contributed by atoms with Crippen LogP contribution < -0.4 is 15.4 Å². The van der Waals surface area contributed by atoms with Crippen LogP contribution in [0.3, 0.4) is 0 Å². The van der Waals surface area contributed by atoms with E-state index < -0.39 is 0 Å². The fourth-order valence-electron chi connectivity index (χ4n) is 4.20. The van der Waals surface area contributed by atoms with E-state index in [-0.39, 0.29) is 11.9 Å². The van der Waals surface area contributed by atoms with Gasteiger partial charge in [0, 0.05) is 44.9 Å². The van der Waals surface area contributed by atoms with Gasteiger partial charge in [0.1, 0.15) is 5.75 Å². The van der Waals surface area contributed by atoms with Gasteiger partial charge in [-0.3, -0.25) is 4.79 Å². The van der Waals surface area contributed by atoms with Crippen LogP contribution in [0.5, 0.6) is 5.75 Å². The molecule has 0 radical (unpaired) electrons. The van der Waals surface area contributed by atoms with Crippen LogP contribution >= 0.6 is 11.3 Å². The Morgan fingerprint density at radius 1 is 1.13 bits per heavy atom. The zero-order valence-corrected chi connectivity index (χ0v) is 19.0. The molecule has 0 spiro atoms. The summed E-state index contributed by atoms with van der Waals surface area (Å²) >= 11 is 1.79. The van der Waals surface area contributed by atoms with Gasteiger partial charge in [0.05, 0.1) is 13.7 Å². The van der Waals surface area contributed by atoms with E-state index >= 15 is 0 Å². The maximum absolute atomic E-state index is 12.7. The van der Waals surface area contributed by atoms with Crippen molar-refractivity contribution in [2.75, 3.05) is 19.0 Å². The number of hydrogen-bond acceptors (Lipinski definition) is 5. The van der Waals surface area contributed by atoms with E-state index in [0.29, 0.717) is 18.2 Å². The molecule has 2 aromatic carbocycles. The van der Waals surface area contributed by atoms with E-state index in [9.17, 15) is 4.79 Å². The molecule has 1 fully saturated rings. The fourth-order valence-corrected chi connectivity index (χ4v) is 5.22. The maximum atomic E-state index is 12.7. The van der Waals surface area contributed by atoms with E-state index in [0.717, 1.165) is 38.0 Å². The number of methoxy groups -OCH3 is 1. The average molecular weight is 439 g/mol. The number of amides is 1. The van der Waals surface area contributed by atoms with Crippen LogP contribution in [0.25, 0.3) is 10.1 Å². The molecule has 2 atom stereocenters. The van der Waals surface area contributed by atoms with Crippen LogP contribution in [-0.4, -0.2) is 31.7 Å². The van der Waals surface area contributed by atoms with Gasteiger partial charge in [-0.2, -0.15) is 0 Å². The van der Waals surface area contributed by atoms with E-state index in [1.807, 2.05) is 31.2 Å². The van der Waals surface area contributed by atoms with Crippen molar-refractivity contribution in [1.29, 1.82) is 0 Å². The third-order valence-corrected chi connectivity index (χ3v) is 6.86. The molecular formula is C25H30N2O3S. The number of nitrogens with one attached hydrogen (secondary N) is 2. The third kappa shape index (κ3) is 5.38. The van der Waals surface area contributed by atoms with Gasteiger partial charge in [-0.15, -0.1) is 11.3 Å². The predicted octanol–water partition coefficient (Wildman–Crippen LogP) is 5.60. The lowest BCUT2D eigenvalue weighted by molar-refractivity contribution is 0.0926. The van der Waals surface area contributed by atoms with Gasteiger partial charge < -0.3 is 20.1 Å². The van der Waals surface area contributed by atoms with Crippen molar-refractivity contribution in [2.24, 2.45) is 0 Å². The number of anilines is 1. The van der Waals surface area contributed by atoms with E-state index in [2.05, 4.69) is 34.9 Å². The quantitative estimate of drug-likeness (QED) is 0.481. The normalized spacial score (nSPS) is 18.6. The first-order chi connectivity index (χ1) is 15.2. The summed E-state index contributed by atoms with van der Waals surface area (Å²) in [5, 5.41) is 8.22. The van der Waals surface area contributed by atoms with Gasteiger partial charge in [-0.05, 0) is 75.1 Å². The molecule has 3 aromatic rings. The summed E-state index contributed by atoms with van der Waals surface area (Å²) < 4.78 is 12.0. The van der Waals surface area contributed by atoms with Gasteiger partial charge in [-0.25, -0.2) is 0 Å². The Hall–Kier alpha value is -2.57. The highest BCUT2D eigenvalue weighted by atomic mass is 32.1. The Morgan fingerprint density at radius 2 is 1.94 bits per heavy atom. The summed E-state index contributed by atoms with van der Waals surface area (Å²) in [5.74, 6) is 0.735. The molecule has 1 aliphatic rings. The smallest absolute Gasteiger partial charge is 0.251 e. The van der Waals surface area contributed by atoms with Crippen molar-refractivity contribution in [3.8, 4) is 5.75 Å².